The zero-order chi connectivity index (χ0) is 18.5. The summed E-state index contributed by atoms with van der Waals surface area (Å²) in [6.07, 6.45) is 0. The molecule has 1 heterocycles. The number of rotatable bonds is 7. The molecule has 0 radical (unpaired) electrons. The van der Waals surface area contributed by atoms with Crippen molar-refractivity contribution in [1.82, 2.24) is 14.8 Å². The first-order valence-corrected chi connectivity index (χ1v) is 9.02. The highest BCUT2D eigenvalue weighted by atomic mass is 32.2. The molecule has 0 atom stereocenters. The summed E-state index contributed by atoms with van der Waals surface area (Å²) in [7, 11) is 6.87. The first kappa shape index (κ1) is 18.1. The number of aromatic nitrogens is 3. The summed E-state index contributed by atoms with van der Waals surface area (Å²) >= 11 is 1.63. The lowest BCUT2D eigenvalue weighted by molar-refractivity contribution is 0.355. The molecule has 0 aliphatic carbocycles. The van der Waals surface area contributed by atoms with Gasteiger partial charge in [0, 0.05) is 18.4 Å². The molecule has 0 aliphatic rings. The van der Waals surface area contributed by atoms with Crippen LogP contribution in [0.4, 0.5) is 0 Å². The van der Waals surface area contributed by atoms with Gasteiger partial charge >= 0.3 is 0 Å². The van der Waals surface area contributed by atoms with Gasteiger partial charge in [0.1, 0.15) is 5.75 Å². The molecule has 2 aromatic carbocycles. The van der Waals surface area contributed by atoms with Gasteiger partial charge in [0.2, 0.25) is 0 Å². The predicted molar refractivity (Wildman–Crippen MR) is 102 cm³/mol. The molecule has 0 N–H and O–H groups in total. The van der Waals surface area contributed by atoms with Gasteiger partial charge in [0.25, 0.3) is 0 Å². The number of ether oxygens (including phenoxy) is 3. The maximum atomic E-state index is 5.37. The van der Waals surface area contributed by atoms with Gasteiger partial charge in [-0.25, -0.2) is 0 Å². The summed E-state index contributed by atoms with van der Waals surface area (Å²) in [6.45, 7) is 0. The van der Waals surface area contributed by atoms with Crippen LogP contribution in [0.1, 0.15) is 5.56 Å². The number of benzene rings is 2. The third kappa shape index (κ3) is 3.77. The number of methoxy groups -OCH3 is 3. The second-order valence-electron chi connectivity index (χ2n) is 5.58. The fraction of sp³-hybridized carbons (Fsp3) is 0.263. The van der Waals surface area contributed by atoms with E-state index in [4.69, 9.17) is 14.2 Å². The van der Waals surface area contributed by atoms with Crippen molar-refractivity contribution in [2.75, 3.05) is 21.3 Å². The van der Waals surface area contributed by atoms with Gasteiger partial charge in [-0.3, -0.25) is 0 Å². The molecule has 7 heteroatoms. The molecule has 0 fully saturated rings. The number of thioether (sulfide) groups is 1. The molecule has 0 unspecified atom stereocenters. The molecule has 6 nitrogen and oxygen atoms in total. The number of hydrogen-bond acceptors (Lipinski definition) is 6. The normalized spacial score (nSPS) is 10.6. The molecule has 0 saturated heterocycles. The van der Waals surface area contributed by atoms with Crippen molar-refractivity contribution in [1.29, 1.82) is 0 Å². The smallest absolute Gasteiger partial charge is 0.191 e. The zero-order valence-electron chi connectivity index (χ0n) is 15.2. The molecule has 3 aromatic rings. The van der Waals surface area contributed by atoms with Crippen molar-refractivity contribution < 1.29 is 14.2 Å². The summed E-state index contributed by atoms with van der Waals surface area (Å²) < 4.78 is 17.9. The van der Waals surface area contributed by atoms with E-state index < -0.39 is 0 Å². The van der Waals surface area contributed by atoms with E-state index in [0.717, 1.165) is 28.0 Å². The van der Waals surface area contributed by atoms with Crippen LogP contribution in [0.25, 0.3) is 11.4 Å². The molecule has 136 valence electrons. The molecule has 0 bridgehead atoms. The average molecular weight is 371 g/mol. The van der Waals surface area contributed by atoms with Crippen LogP contribution in [-0.2, 0) is 12.8 Å². The fourth-order valence-electron chi connectivity index (χ4n) is 2.58. The van der Waals surface area contributed by atoms with Crippen molar-refractivity contribution in [2.45, 2.75) is 10.9 Å². The van der Waals surface area contributed by atoms with E-state index in [1.165, 1.54) is 5.56 Å². The molecular formula is C19H21N3O3S. The van der Waals surface area contributed by atoms with Crippen LogP contribution in [0, 0.1) is 0 Å². The van der Waals surface area contributed by atoms with Gasteiger partial charge in [-0.1, -0.05) is 23.9 Å². The van der Waals surface area contributed by atoms with E-state index in [-0.39, 0.29) is 0 Å². The average Bonchev–Trinajstić information content (AvgIpc) is 3.06. The standard InChI is InChI=1S/C19H21N3O3S/c1-22-18(14-8-9-16(24-3)17(11-14)25-4)20-21-19(22)26-12-13-6-5-7-15(10-13)23-2/h5-11H,12H2,1-4H3. The Hall–Kier alpha value is -2.67. The maximum Gasteiger partial charge on any atom is 0.191 e. The molecule has 0 spiro atoms. The van der Waals surface area contributed by atoms with Gasteiger partial charge in [-0.2, -0.15) is 0 Å². The highest BCUT2D eigenvalue weighted by Crippen LogP contribution is 2.33. The summed E-state index contributed by atoms with van der Waals surface area (Å²) in [6, 6.07) is 13.7. The van der Waals surface area contributed by atoms with Gasteiger partial charge < -0.3 is 18.8 Å². The Morgan fingerprint density at radius 3 is 2.46 bits per heavy atom. The SMILES string of the molecule is COc1cccc(CSc2nnc(-c3ccc(OC)c(OC)c3)n2C)c1. The van der Waals surface area contributed by atoms with Crippen molar-refractivity contribution in [3.05, 3.63) is 48.0 Å². The third-order valence-electron chi connectivity index (χ3n) is 3.98. The second-order valence-corrected chi connectivity index (χ2v) is 6.52. The molecular weight excluding hydrogens is 350 g/mol. The fourth-order valence-corrected chi connectivity index (χ4v) is 3.43. The summed E-state index contributed by atoms with van der Waals surface area (Å²) in [5.41, 5.74) is 2.09. The van der Waals surface area contributed by atoms with Crippen molar-refractivity contribution in [2.24, 2.45) is 7.05 Å². The van der Waals surface area contributed by atoms with Crippen LogP contribution in [0.2, 0.25) is 0 Å². The minimum Gasteiger partial charge on any atom is -0.497 e. The Kier molecular flexibility index (Phi) is 5.68. The van der Waals surface area contributed by atoms with E-state index in [0.29, 0.717) is 11.5 Å². The molecule has 26 heavy (non-hydrogen) atoms. The van der Waals surface area contributed by atoms with Crippen LogP contribution in [0.15, 0.2) is 47.6 Å². The lowest BCUT2D eigenvalue weighted by Crippen LogP contribution is -1.96. The zero-order valence-corrected chi connectivity index (χ0v) is 16.0. The van der Waals surface area contributed by atoms with Crippen LogP contribution >= 0.6 is 11.8 Å². The van der Waals surface area contributed by atoms with Crippen LogP contribution < -0.4 is 14.2 Å². The van der Waals surface area contributed by atoms with Gasteiger partial charge in [-0.15, -0.1) is 10.2 Å². The van der Waals surface area contributed by atoms with Gasteiger partial charge in [0.15, 0.2) is 22.5 Å². The number of nitrogens with zero attached hydrogens (tertiary/aromatic N) is 3. The monoisotopic (exact) mass is 371 g/mol. The molecule has 3 rings (SSSR count). The molecule has 0 amide bonds. The van der Waals surface area contributed by atoms with Crippen molar-refractivity contribution in [3.63, 3.8) is 0 Å². The largest absolute Gasteiger partial charge is 0.497 e. The van der Waals surface area contributed by atoms with Gasteiger partial charge in [-0.05, 0) is 35.9 Å². The lowest BCUT2D eigenvalue weighted by atomic mass is 10.2. The topological polar surface area (TPSA) is 58.4 Å². The second kappa shape index (κ2) is 8.14. The Morgan fingerprint density at radius 2 is 1.73 bits per heavy atom. The Bertz CT molecular complexity index is 895. The van der Waals surface area contributed by atoms with E-state index in [1.54, 1.807) is 33.1 Å². The lowest BCUT2D eigenvalue weighted by Gasteiger charge is -2.09. The minimum atomic E-state index is 0.665. The molecule has 1 aromatic heterocycles. The quantitative estimate of drug-likeness (QED) is 0.589. The maximum absolute atomic E-state index is 5.37. The molecule has 0 aliphatic heterocycles. The van der Waals surface area contributed by atoms with Gasteiger partial charge in [0.05, 0.1) is 21.3 Å². The van der Waals surface area contributed by atoms with Crippen molar-refractivity contribution >= 4 is 11.8 Å². The summed E-state index contributed by atoms with van der Waals surface area (Å²) in [5, 5.41) is 9.50. The van der Waals surface area contributed by atoms with Crippen LogP contribution in [0.5, 0.6) is 17.2 Å². The minimum absolute atomic E-state index is 0.665. The summed E-state index contributed by atoms with van der Waals surface area (Å²) in [4.78, 5) is 0. The van der Waals surface area contributed by atoms with E-state index in [2.05, 4.69) is 16.3 Å². The van der Waals surface area contributed by atoms with E-state index >= 15 is 0 Å². The number of hydrogen-bond donors (Lipinski definition) is 0. The molecule has 0 saturated carbocycles. The predicted octanol–water partition coefficient (Wildman–Crippen LogP) is 3.80. The first-order valence-electron chi connectivity index (χ1n) is 8.03. The van der Waals surface area contributed by atoms with Crippen LogP contribution in [0.3, 0.4) is 0 Å². The Balaban J connectivity index is 1.79. The highest BCUT2D eigenvalue weighted by Gasteiger charge is 2.14. The van der Waals surface area contributed by atoms with E-state index in [1.807, 2.05) is 48.0 Å². The summed E-state index contributed by atoms with van der Waals surface area (Å²) in [5.74, 6) is 3.77. The van der Waals surface area contributed by atoms with E-state index in [9.17, 15) is 0 Å². The Labute approximate surface area is 157 Å². The Morgan fingerprint density at radius 1 is 0.923 bits per heavy atom. The highest BCUT2D eigenvalue weighted by molar-refractivity contribution is 7.98. The van der Waals surface area contributed by atoms with Crippen LogP contribution in [-0.4, -0.2) is 36.1 Å². The third-order valence-corrected chi connectivity index (χ3v) is 5.07. The first-order chi connectivity index (χ1) is 12.7. The van der Waals surface area contributed by atoms with Crippen molar-refractivity contribution in [3.8, 4) is 28.6 Å².